The predicted molar refractivity (Wildman–Crippen MR) is 110 cm³/mol. The van der Waals surface area contributed by atoms with E-state index < -0.39 is 0 Å². The molecule has 3 rings (SSSR count). The average molecular weight is 374 g/mol. The number of nitrogens with one attached hydrogen (secondary N) is 2. The molecule has 1 aromatic carbocycles. The number of guanidine groups is 1. The monoisotopic (exact) mass is 373 g/mol. The van der Waals surface area contributed by atoms with Gasteiger partial charge in [-0.2, -0.15) is 0 Å². The van der Waals surface area contributed by atoms with Crippen LogP contribution in [-0.4, -0.2) is 39.4 Å². The van der Waals surface area contributed by atoms with E-state index in [0.29, 0.717) is 12.0 Å². The minimum Gasteiger partial charge on any atom is -0.493 e. The highest BCUT2D eigenvalue weighted by atomic mass is 16.5. The van der Waals surface area contributed by atoms with Crippen molar-refractivity contribution in [3.8, 4) is 5.75 Å². The standard InChI is InChI=1S/C22H35N3O2/c1-4-23-21(25-16-22(9-10-22)11-12-26-3)24-14-19-8-5-17(2)13-20(19)27-15-18-6-7-18/h5,8,13,18H,4,6-7,9-12,14-16H2,1-3H3,(H2,23,24,25). The van der Waals surface area contributed by atoms with E-state index in [9.17, 15) is 0 Å². The Kier molecular flexibility index (Phi) is 7.00. The predicted octanol–water partition coefficient (Wildman–Crippen LogP) is 3.66. The Bertz CT molecular complexity index is 636. The maximum atomic E-state index is 6.08. The highest BCUT2D eigenvalue weighted by Gasteiger charge is 2.41. The summed E-state index contributed by atoms with van der Waals surface area (Å²) in [5.41, 5.74) is 2.78. The molecule has 0 amide bonds. The summed E-state index contributed by atoms with van der Waals surface area (Å²) in [6.07, 6.45) is 6.28. The van der Waals surface area contributed by atoms with Gasteiger partial charge in [-0.05, 0) is 68.9 Å². The van der Waals surface area contributed by atoms with Crippen molar-refractivity contribution in [3.05, 3.63) is 29.3 Å². The molecule has 0 saturated heterocycles. The quantitative estimate of drug-likeness (QED) is 0.459. The first-order valence-electron chi connectivity index (χ1n) is 10.4. The molecule has 0 radical (unpaired) electrons. The van der Waals surface area contributed by atoms with Crippen molar-refractivity contribution in [3.63, 3.8) is 0 Å². The number of hydrogen-bond donors (Lipinski definition) is 2. The van der Waals surface area contributed by atoms with Crippen LogP contribution < -0.4 is 15.4 Å². The summed E-state index contributed by atoms with van der Waals surface area (Å²) < 4.78 is 11.3. The third-order valence-corrected chi connectivity index (χ3v) is 5.57. The fourth-order valence-electron chi connectivity index (χ4n) is 3.21. The average Bonchev–Trinajstić information content (AvgIpc) is 3.58. The minimum absolute atomic E-state index is 0.397. The van der Waals surface area contributed by atoms with Crippen LogP contribution >= 0.6 is 0 Å². The second-order valence-electron chi connectivity index (χ2n) is 8.16. The Morgan fingerprint density at radius 2 is 2.07 bits per heavy atom. The maximum absolute atomic E-state index is 6.08. The summed E-state index contributed by atoms with van der Waals surface area (Å²) in [4.78, 5) is 4.81. The van der Waals surface area contributed by atoms with Crippen molar-refractivity contribution in [1.29, 1.82) is 0 Å². The lowest BCUT2D eigenvalue weighted by atomic mass is 10.0. The molecule has 2 fully saturated rings. The van der Waals surface area contributed by atoms with Crippen LogP contribution in [0.3, 0.4) is 0 Å². The van der Waals surface area contributed by atoms with E-state index in [1.54, 1.807) is 7.11 Å². The van der Waals surface area contributed by atoms with Crippen LogP contribution in [0, 0.1) is 18.3 Å². The number of aliphatic imine (C=N–C) groups is 1. The molecule has 0 bridgehead atoms. The van der Waals surface area contributed by atoms with Gasteiger partial charge >= 0.3 is 0 Å². The van der Waals surface area contributed by atoms with Crippen LogP contribution in [0.25, 0.3) is 0 Å². The highest BCUT2D eigenvalue weighted by molar-refractivity contribution is 5.79. The largest absolute Gasteiger partial charge is 0.493 e. The molecule has 0 unspecified atom stereocenters. The zero-order valence-corrected chi connectivity index (χ0v) is 17.1. The van der Waals surface area contributed by atoms with Crippen LogP contribution in [0.1, 0.15) is 50.2 Å². The number of nitrogens with zero attached hydrogens (tertiary/aromatic N) is 1. The molecule has 0 heterocycles. The summed E-state index contributed by atoms with van der Waals surface area (Å²) in [6, 6.07) is 6.42. The van der Waals surface area contributed by atoms with E-state index in [2.05, 4.69) is 42.7 Å². The molecule has 150 valence electrons. The Morgan fingerprint density at radius 1 is 1.26 bits per heavy atom. The van der Waals surface area contributed by atoms with Gasteiger partial charge in [-0.25, -0.2) is 4.99 Å². The zero-order valence-electron chi connectivity index (χ0n) is 17.1. The van der Waals surface area contributed by atoms with Gasteiger partial charge in [0, 0.05) is 32.4 Å². The summed E-state index contributed by atoms with van der Waals surface area (Å²) >= 11 is 0. The molecule has 0 spiro atoms. The molecule has 5 heteroatoms. The first-order valence-corrected chi connectivity index (χ1v) is 10.4. The first-order chi connectivity index (χ1) is 13.1. The number of rotatable bonds is 11. The van der Waals surface area contributed by atoms with Gasteiger partial charge in [0.1, 0.15) is 5.75 Å². The van der Waals surface area contributed by atoms with Gasteiger partial charge in [0.15, 0.2) is 5.96 Å². The van der Waals surface area contributed by atoms with Gasteiger partial charge in [0.25, 0.3) is 0 Å². The molecule has 0 aliphatic heterocycles. The van der Waals surface area contributed by atoms with Gasteiger partial charge in [0.05, 0.1) is 13.2 Å². The van der Waals surface area contributed by atoms with Crippen molar-refractivity contribution in [2.45, 2.75) is 52.5 Å². The van der Waals surface area contributed by atoms with Crippen LogP contribution in [-0.2, 0) is 11.3 Å². The summed E-state index contributed by atoms with van der Waals surface area (Å²) in [5.74, 6) is 2.62. The van der Waals surface area contributed by atoms with Crippen LogP contribution in [0.2, 0.25) is 0 Å². The normalized spacial score (nSPS) is 18.3. The SMILES string of the molecule is CCNC(=NCc1ccc(C)cc1OCC1CC1)NCC1(CCOC)CC1. The van der Waals surface area contributed by atoms with E-state index in [4.69, 9.17) is 14.5 Å². The Balaban J connectivity index is 1.58. The van der Waals surface area contributed by atoms with E-state index in [-0.39, 0.29) is 0 Å². The van der Waals surface area contributed by atoms with Crippen molar-refractivity contribution in [2.75, 3.05) is 33.4 Å². The minimum atomic E-state index is 0.397. The number of aryl methyl sites for hydroxylation is 1. The zero-order chi connectivity index (χ0) is 19.1. The number of hydrogen-bond acceptors (Lipinski definition) is 3. The van der Waals surface area contributed by atoms with Crippen molar-refractivity contribution < 1.29 is 9.47 Å². The Labute approximate surface area is 163 Å². The van der Waals surface area contributed by atoms with Gasteiger partial charge in [0.2, 0.25) is 0 Å². The molecule has 5 nitrogen and oxygen atoms in total. The lowest BCUT2D eigenvalue weighted by Gasteiger charge is -2.18. The number of methoxy groups -OCH3 is 1. The Morgan fingerprint density at radius 3 is 2.74 bits per heavy atom. The Hall–Kier alpha value is -1.75. The molecule has 27 heavy (non-hydrogen) atoms. The number of ether oxygens (including phenoxy) is 2. The molecular formula is C22H35N3O2. The lowest BCUT2D eigenvalue weighted by molar-refractivity contribution is 0.172. The maximum Gasteiger partial charge on any atom is 0.191 e. The fraction of sp³-hybridized carbons (Fsp3) is 0.682. The van der Waals surface area contributed by atoms with Crippen LogP contribution in [0.15, 0.2) is 23.2 Å². The first kappa shape index (κ1) is 20.0. The smallest absolute Gasteiger partial charge is 0.191 e. The second-order valence-corrected chi connectivity index (χ2v) is 8.16. The second kappa shape index (κ2) is 9.45. The summed E-state index contributed by atoms with van der Waals surface area (Å²) in [6.45, 7) is 8.32. The fourth-order valence-corrected chi connectivity index (χ4v) is 3.21. The van der Waals surface area contributed by atoms with Crippen molar-refractivity contribution in [2.24, 2.45) is 16.3 Å². The van der Waals surface area contributed by atoms with Crippen molar-refractivity contribution in [1.82, 2.24) is 10.6 Å². The van der Waals surface area contributed by atoms with Gasteiger partial charge in [-0.1, -0.05) is 12.1 Å². The lowest BCUT2D eigenvalue weighted by Crippen LogP contribution is -2.40. The molecule has 0 atom stereocenters. The van der Waals surface area contributed by atoms with E-state index in [1.165, 1.54) is 31.2 Å². The molecule has 2 aliphatic rings. The molecule has 0 aromatic heterocycles. The van der Waals surface area contributed by atoms with Crippen LogP contribution in [0.4, 0.5) is 0 Å². The third kappa shape index (κ3) is 6.42. The van der Waals surface area contributed by atoms with E-state index in [1.807, 2.05) is 0 Å². The molecule has 2 saturated carbocycles. The van der Waals surface area contributed by atoms with Gasteiger partial charge in [-0.15, -0.1) is 0 Å². The molecule has 1 aromatic rings. The highest BCUT2D eigenvalue weighted by Crippen LogP contribution is 2.48. The van der Waals surface area contributed by atoms with E-state index in [0.717, 1.165) is 55.9 Å². The number of benzene rings is 1. The summed E-state index contributed by atoms with van der Waals surface area (Å²) in [7, 11) is 1.78. The summed E-state index contributed by atoms with van der Waals surface area (Å²) in [5, 5.41) is 6.90. The third-order valence-electron chi connectivity index (χ3n) is 5.57. The topological polar surface area (TPSA) is 54.9 Å². The van der Waals surface area contributed by atoms with Crippen molar-refractivity contribution >= 4 is 5.96 Å². The molecule has 2 N–H and O–H groups in total. The molecule has 2 aliphatic carbocycles. The van der Waals surface area contributed by atoms with Crippen LogP contribution in [0.5, 0.6) is 5.75 Å². The molecular weight excluding hydrogens is 338 g/mol. The van der Waals surface area contributed by atoms with E-state index >= 15 is 0 Å². The van der Waals surface area contributed by atoms with Gasteiger partial charge in [-0.3, -0.25) is 0 Å². The van der Waals surface area contributed by atoms with Gasteiger partial charge < -0.3 is 20.1 Å².